The third-order valence-electron chi connectivity index (χ3n) is 7.78. The second-order valence-electron chi connectivity index (χ2n) is 10.0. The van der Waals surface area contributed by atoms with Crippen LogP contribution in [0.4, 0.5) is 11.6 Å². The second-order valence-corrected chi connectivity index (χ2v) is 11.3. The van der Waals surface area contributed by atoms with Crippen molar-refractivity contribution in [2.24, 2.45) is 5.92 Å². The average Bonchev–Trinajstić information content (AvgIpc) is 3.41. The number of aryl methyl sites for hydroxylation is 1. The third-order valence-corrected chi connectivity index (χ3v) is 8.50. The molecular weight excluding hydrogens is 565 g/mol. The van der Waals surface area contributed by atoms with E-state index in [1.807, 2.05) is 43.6 Å². The number of nitrogen functional groups attached to an aromatic ring is 1. The normalized spacial score (nSPS) is 20.0. The number of amides is 1. The van der Waals surface area contributed by atoms with Gasteiger partial charge < -0.3 is 15.5 Å². The molecule has 0 spiro atoms. The molecule has 9 heteroatoms. The van der Waals surface area contributed by atoms with E-state index in [-0.39, 0.29) is 11.7 Å². The Morgan fingerprint density at radius 1 is 1.11 bits per heavy atom. The zero-order valence-electron chi connectivity index (χ0n) is 20.2. The Balaban J connectivity index is 1.34. The van der Waals surface area contributed by atoms with Gasteiger partial charge in [0.25, 0.3) is 0 Å². The highest BCUT2D eigenvalue weighted by atomic mass is 127. The molecule has 8 nitrogen and oxygen atoms in total. The van der Waals surface area contributed by atoms with Crippen LogP contribution in [0.25, 0.3) is 17.2 Å². The number of aromatic nitrogens is 5. The van der Waals surface area contributed by atoms with E-state index in [0.717, 1.165) is 32.8 Å². The highest BCUT2D eigenvalue weighted by Gasteiger charge is 2.47. The predicted molar refractivity (Wildman–Crippen MR) is 148 cm³/mol. The van der Waals surface area contributed by atoms with Crippen LogP contribution < -0.4 is 11.1 Å². The quantitative estimate of drug-likeness (QED) is 0.310. The van der Waals surface area contributed by atoms with Crippen molar-refractivity contribution in [3.05, 3.63) is 63.2 Å². The van der Waals surface area contributed by atoms with Gasteiger partial charge in [-0.15, -0.1) is 0 Å². The fourth-order valence-corrected chi connectivity index (χ4v) is 6.01. The summed E-state index contributed by atoms with van der Waals surface area (Å²) in [5, 5.41) is 2.93. The van der Waals surface area contributed by atoms with E-state index in [4.69, 9.17) is 10.7 Å². The number of imidazole rings is 1. The number of anilines is 2. The van der Waals surface area contributed by atoms with Gasteiger partial charge in [0.05, 0.1) is 11.8 Å². The van der Waals surface area contributed by atoms with Crippen molar-refractivity contribution in [1.29, 1.82) is 0 Å². The summed E-state index contributed by atoms with van der Waals surface area (Å²) in [5.74, 6) is 1.73. The minimum Gasteiger partial charge on any atom is -0.383 e. The highest BCUT2D eigenvalue weighted by molar-refractivity contribution is 14.1. The van der Waals surface area contributed by atoms with Gasteiger partial charge in [0, 0.05) is 21.7 Å². The van der Waals surface area contributed by atoms with Crippen molar-refractivity contribution < 1.29 is 4.79 Å². The molecule has 6 rings (SSSR count). The largest absolute Gasteiger partial charge is 0.383 e. The molecule has 3 N–H and O–H groups in total. The van der Waals surface area contributed by atoms with Gasteiger partial charge in [-0.25, -0.2) is 19.9 Å². The lowest BCUT2D eigenvalue weighted by Gasteiger charge is -2.23. The summed E-state index contributed by atoms with van der Waals surface area (Å²) >= 11 is 2.25. The minimum absolute atomic E-state index is 0.167. The lowest BCUT2D eigenvalue weighted by Crippen LogP contribution is -2.33. The number of nitrogens with one attached hydrogen (secondary N) is 1. The summed E-state index contributed by atoms with van der Waals surface area (Å²) in [7, 11) is 0. The van der Waals surface area contributed by atoms with Crippen LogP contribution in [-0.2, 0) is 16.6 Å². The summed E-state index contributed by atoms with van der Waals surface area (Å²) in [5.41, 5.74) is 9.52. The number of nitrogens with two attached hydrogens (primary N) is 1. The van der Waals surface area contributed by atoms with Gasteiger partial charge in [0.1, 0.15) is 22.7 Å². The molecule has 184 valence electrons. The molecule has 1 unspecified atom stereocenters. The first-order valence-electron chi connectivity index (χ1n) is 12.5. The minimum atomic E-state index is -0.962. The topological polar surface area (TPSA) is 111 Å². The van der Waals surface area contributed by atoms with E-state index >= 15 is 0 Å². The van der Waals surface area contributed by atoms with Crippen molar-refractivity contribution >= 4 is 45.8 Å². The summed E-state index contributed by atoms with van der Waals surface area (Å²) in [4.78, 5) is 31.6. The number of carbonyl (C=O) groups is 1. The number of halogens is 1. The monoisotopic (exact) mass is 593 g/mol. The maximum absolute atomic E-state index is 13.2. The van der Waals surface area contributed by atoms with Crippen LogP contribution in [0.5, 0.6) is 0 Å². The maximum atomic E-state index is 13.2. The third kappa shape index (κ3) is 3.93. The first-order valence-corrected chi connectivity index (χ1v) is 13.6. The van der Waals surface area contributed by atoms with E-state index < -0.39 is 5.41 Å². The molecule has 0 saturated heterocycles. The number of rotatable bonds is 5. The molecule has 1 amide bonds. The van der Waals surface area contributed by atoms with Gasteiger partial charge in [-0.2, -0.15) is 0 Å². The van der Waals surface area contributed by atoms with Gasteiger partial charge in [-0.3, -0.25) is 4.79 Å². The fraction of sp³-hybridized carbons (Fsp3) is 0.370. The highest BCUT2D eigenvalue weighted by Crippen LogP contribution is 2.45. The zero-order chi connectivity index (χ0) is 24.9. The van der Waals surface area contributed by atoms with Crippen LogP contribution >= 0.6 is 22.6 Å². The fourth-order valence-electron chi connectivity index (χ4n) is 5.65. The molecule has 2 aliphatic rings. The van der Waals surface area contributed by atoms with Crippen molar-refractivity contribution in [2.45, 2.75) is 57.3 Å². The number of hydrogen-bond donors (Lipinski definition) is 2. The molecule has 1 atom stereocenters. The first kappa shape index (κ1) is 23.3. The Morgan fingerprint density at radius 2 is 1.89 bits per heavy atom. The van der Waals surface area contributed by atoms with E-state index in [9.17, 15) is 4.79 Å². The molecule has 0 radical (unpaired) electrons. The Labute approximate surface area is 223 Å². The van der Waals surface area contributed by atoms with Gasteiger partial charge in [-0.1, -0.05) is 44.2 Å². The van der Waals surface area contributed by atoms with Crippen molar-refractivity contribution in [3.63, 3.8) is 0 Å². The summed E-state index contributed by atoms with van der Waals surface area (Å²) in [6.45, 7) is 1.87. The lowest BCUT2D eigenvalue weighted by atomic mass is 9.78. The number of hydrogen-bond acceptors (Lipinski definition) is 6. The zero-order valence-corrected chi connectivity index (χ0v) is 22.3. The number of benzene rings is 1. The van der Waals surface area contributed by atoms with Crippen molar-refractivity contribution in [3.8, 4) is 11.5 Å². The Morgan fingerprint density at radius 3 is 2.67 bits per heavy atom. The van der Waals surface area contributed by atoms with E-state index in [2.05, 4.69) is 47.3 Å². The molecule has 3 aromatic heterocycles. The van der Waals surface area contributed by atoms with Gasteiger partial charge >= 0.3 is 0 Å². The molecule has 36 heavy (non-hydrogen) atoms. The summed E-state index contributed by atoms with van der Waals surface area (Å²) in [6.07, 6.45) is 14.5. The van der Waals surface area contributed by atoms with Crippen LogP contribution in [0.15, 0.2) is 42.9 Å². The van der Waals surface area contributed by atoms with Crippen LogP contribution in [0.1, 0.15) is 62.3 Å². The number of nitrogens with zero attached hydrogens (tertiary/aromatic N) is 5. The maximum Gasteiger partial charge on any atom is 0.240 e. The number of carbonyl (C=O) groups excluding carboxylic acids is 1. The summed E-state index contributed by atoms with van der Waals surface area (Å²) in [6, 6.07) is 7.86. The molecular formula is C27H28IN7O. The Hall–Kier alpha value is -3.08. The smallest absolute Gasteiger partial charge is 0.240 e. The van der Waals surface area contributed by atoms with Crippen LogP contribution in [-0.4, -0.2) is 30.2 Å². The predicted octanol–water partition coefficient (Wildman–Crippen LogP) is 5.14. The van der Waals surface area contributed by atoms with Gasteiger partial charge in [-0.05, 0) is 66.0 Å². The van der Waals surface area contributed by atoms with Crippen molar-refractivity contribution in [1.82, 2.24) is 24.3 Å². The molecule has 1 aliphatic heterocycles. The van der Waals surface area contributed by atoms with Crippen molar-refractivity contribution in [2.75, 3.05) is 11.1 Å². The second kappa shape index (κ2) is 9.10. The SMILES string of the molecule is CC1(c2ccc(I)cc2)C(=O)Nc2nc(-c3cn4c(CCC5CCCCC5)cnc4cn3)nc(N)c21. The Bertz CT molecular complexity index is 1460. The van der Waals surface area contributed by atoms with E-state index in [1.54, 1.807) is 6.20 Å². The van der Waals surface area contributed by atoms with Crippen LogP contribution in [0.2, 0.25) is 0 Å². The molecule has 1 aliphatic carbocycles. The average molecular weight is 593 g/mol. The van der Waals surface area contributed by atoms with E-state index in [0.29, 0.717) is 22.9 Å². The Kier molecular flexibility index (Phi) is 5.89. The standard InChI is InChI=1S/C27H28IN7O/c1-27(17-8-10-18(28)11-9-17)22-23(29)32-24(33-25(22)34-26(27)36)20-15-35-19(13-31-21(35)14-30-20)12-7-16-5-3-2-4-6-16/h8-11,13-16H,2-7,12H2,1H3,(H3,29,32,33,34,36). The number of fused-ring (bicyclic) bond motifs is 2. The molecule has 4 heterocycles. The molecule has 1 saturated carbocycles. The van der Waals surface area contributed by atoms with Gasteiger partial charge in [0.2, 0.25) is 5.91 Å². The molecule has 0 bridgehead atoms. The molecule has 4 aromatic rings. The lowest BCUT2D eigenvalue weighted by molar-refractivity contribution is -0.119. The van der Waals surface area contributed by atoms with Crippen LogP contribution in [0.3, 0.4) is 0 Å². The van der Waals surface area contributed by atoms with Gasteiger partial charge in [0.15, 0.2) is 11.5 Å². The molecule has 1 fully saturated rings. The van der Waals surface area contributed by atoms with E-state index in [1.165, 1.54) is 38.5 Å². The van der Waals surface area contributed by atoms with Crippen LogP contribution in [0, 0.1) is 9.49 Å². The first-order chi connectivity index (χ1) is 17.4. The summed E-state index contributed by atoms with van der Waals surface area (Å²) < 4.78 is 3.17. The molecule has 1 aromatic carbocycles.